The summed E-state index contributed by atoms with van der Waals surface area (Å²) >= 11 is 0. The summed E-state index contributed by atoms with van der Waals surface area (Å²) in [7, 11) is 0. The summed E-state index contributed by atoms with van der Waals surface area (Å²) in [5, 5.41) is 5.11. The number of para-hydroxylation sites is 2. The normalized spacial score (nSPS) is 13.5. The van der Waals surface area contributed by atoms with Crippen molar-refractivity contribution in [3.05, 3.63) is 300 Å². The number of hydrogen-bond acceptors (Lipinski definition) is 2. The van der Waals surface area contributed by atoms with Crippen molar-refractivity contribution in [2.24, 2.45) is 0 Å². The first-order chi connectivity index (χ1) is 50.3. The largest absolute Gasteiger partial charge is 0.311 e. The van der Waals surface area contributed by atoms with Crippen LogP contribution in [0.1, 0.15) is 158 Å². The SMILES string of the molecule is CC(C)(C)c1ccc(-c2cc3c4c(c2)N(c2c(-c5ccccc5)cc(C(C)(C)C)cc2-c2ccccc2)c2cc(-c5ccc6c(c5)c5cccc7c8ccccc8n6c75)ccc2B4c2ccc(-c4cc(C(C)(C)C)cc(C(C)(C)C)c4)cc2N3c2ccc(-c3cc(C(C)(C)C)cc(C(C)(C)C)c3)cc2)cc1. The molecule has 2 aliphatic rings. The minimum absolute atomic E-state index is 0.0353. The third-order valence-electron chi connectivity index (χ3n) is 23.2. The summed E-state index contributed by atoms with van der Waals surface area (Å²) in [5.74, 6) is 0. The lowest BCUT2D eigenvalue weighted by atomic mass is 9.33. The smallest absolute Gasteiger partial charge is 0.252 e. The average Bonchev–Trinajstić information content (AvgIpc) is 0.760. The molecule has 0 spiro atoms. The number of hydrogen-bond donors (Lipinski definition) is 0. The molecule has 106 heavy (non-hydrogen) atoms. The van der Waals surface area contributed by atoms with E-state index in [1.165, 1.54) is 149 Å². The summed E-state index contributed by atoms with van der Waals surface area (Å²) in [5.41, 5.74) is 36.2. The molecule has 2 aromatic heterocycles. The molecule has 13 aromatic carbocycles. The number of benzene rings is 13. The van der Waals surface area contributed by atoms with Crippen LogP contribution in [0.15, 0.2) is 267 Å². The predicted octanol–water partition coefficient (Wildman–Crippen LogP) is 26.7. The number of anilines is 6. The Morgan fingerprint density at radius 3 is 1.11 bits per heavy atom. The zero-order valence-electron chi connectivity index (χ0n) is 65.3. The molecule has 0 amide bonds. The van der Waals surface area contributed by atoms with Gasteiger partial charge in [-0.15, -0.1) is 0 Å². The third kappa shape index (κ3) is 11.6. The van der Waals surface area contributed by atoms with Gasteiger partial charge in [0, 0.05) is 61.1 Å². The molecule has 17 rings (SSSR count). The maximum atomic E-state index is 2.73. The second-order valence-electron chi connectivity index (χ2n) is 36.7. The molecule has 524 valence electrons. The van der Waals surface area contributed by atoms with Gasteiger partial charge in [-0.2, -0.15) is 0 Å². The maximum Gasteiger partial charge on any atom is 0.252 e. The van der Waals surface area contributed by atoms with Gasteiger partial charge in [0.1, 0.15) is 0 Å². The quantitative estimate of drug-likeness (QED) is 0.140. The van der Waals surface area contributed by atoms with Crippen LogP contribution in [0.2, 0.25) is 0 Å². The predicted molar refractivity (Wildman–Crippen MR) is 460 cm³/mol. The summed E-state index contributed by atoms with van der Waals surface area (Å²) < 4.78 is 2.50. The molecule has 4 heterocycles. The molecule has 0 aliphatic carbocycles. The van der Waals surface area contributed by atoms with Gasteiger partial charge in [-0.1, -0.05) is 325 Å². The lowest BCUT2D eigenvalue weighted by molar-refractivity contribution is 0.568. The van der Waals surface area contributed by atoms with E-state index in [9.17, 15) is 0 Å². The minimum atomic E-state index is -0.185. The highest BCUT2D eigenvalue weighted by molar-refractivity contribution is 7.00. The van der Waals surface area contributed by atoms with Crippen LogP contribution in [0, 0.1) is 0 Å². The van der Waals surface area contributed by atoms with Crippen LogP contribution in [0.4, 0.5) is 34.1 Å². The molecule has 15 aromatic rings. The van der Waals surface area contributed by atoms with Crippen molar-refractivity contribution >= 4 is 95.3 Å². The summed E-state index contributed by atoms with van der Waals surface area (Å²) in [6, 6.07) is 104. The maximum absolute atomic E-state index is 2.73. The van der Waals surface area contributed by atoms with Gasteiger partial charge in [0.15, 0.2) is 0 Å². The first-order valence-corrected chi connectivity index (χ1v) is 38.4. The molecular weight excluding hydrogens is 1280 g/mol. The van der Waals surface area contributed by atoms with E-state index in [-0.39, 0.29) is 39.2 Å². The van der Waals surface area contributed by atoms with E-state index >= 15 is 0 Å². The number of rotatable bonds is 8. The molecule has 0 radical (unpaired) electrons. The van der Waals surface area contributed by atoms with Gasteiger partial charge in [-0.3, -0.25) is 0 Å². The van der Waals surface area contributed by atoms with Gasteiger partial charge in [0.05, 0.1) is 22.2 Å². The van der Waals surface area contributed by atoms with Gasteiger partial charge < -0.3 is 14.2 Å². The van der Waals surface area contributed by atoms with Crippen LogP contribution >= 0.6 is 0 Å². The van der Waals surface area contributed by atoms with Gasteiger partial charge in [-0.25, -0.2) is 0 Å². The van der Waals surface area contributed by atoms with Crippen molar-refractivity contribution in [1.29, 1.82) is 0 Å². The van der Waals surface area contributed by atoms with E-state index in [0.717, 1.165) is 39.6 Å². The molecule has 2 aliphatic heterocycles. The van der Waals surface area contributed by atoms with Crippen LogP contribution in [-0.4, -0.2) is 11.1 Å². The summed E-state index contributed by atoms with van der Waals surface area (Å²) in [6.07, 6.45) is 0. The van der Waals surface area contributed by atoms with E-state index in [1.807, 2.05) is 0 Å². The van der Waals surface area contributed by atoms with Crippen molar-refractivity contribution < 1.29 is 0 Å². The van der Waals surface area contributed by atoms with Gasteiger partial charge in [0.2, 0.25) is 0 Å². The van der Waals surface area contributed by atoms with Gasteiger partial charge >= 0.3 is 0 Å². The lowest BCUT2D eigenvalue weighted by Gasteiger charge is -2.45. The minimum Gasteiger partial charge on any atom is -0.311 e. The Hall–Kier alpha value is -10.7. The molecule has 0 fully saturated rings. The first kappa shape index (κ1) is 68.4. The van der Waals surface area contributed by atoms with Crippen molar-refractivity contribution in [2.45, 2.75) is 157 Å². The monoisotopic (exact) mass is 1380 g/mol. The van der Waals surface area contributed by atoms with Crippen LogP contribution in [0.5, 0.6) is 0 Å². The molecule has 4 heteroatoms. The second kappa shape index (κ2) is 24.4. The van der Waals surface area contributed by atoms with Crippen LogP contribution in [0.3, 0.4) is 0 Å². The van der Waals surface area contributed by atoms with E-state index in [1.54, 1.807) is 0 Å². The molecule has 0 saturated carbocycles. The Balaban J connectivity index is 0.995. The molecule has 0 atom stereocenters. The molecule has 0 unspecified atom stereocenters. The second-order valence-corrected chi connectivity index (χ2v) is 36.7. The summed E-state index contributed by atoms with van der Waals surface area (Å²) in [6.45, 7) is 42.0. The summed E-state index contributed by atoms with van der Waals surface area (Å²) in [4.78, 5) is 5.38. The van der Waals surface area contributed by atoms with Crippen LogP contribution in [0.25, 0.3) is 105 Å². The van der Waals surface area contributed by atoms with E-state index in [0.29, 0.717) is 0 Å². The van der Waals surface area contributed by atoms with Gasteiger partial charge in [-0.05, 0) is 205 Å². The molecule has 0 bridgehead atoms. The number of nitrogens with zero attached hydrogens (tertiary/aromatic N) is 3. The highest BCUT2D eigenvalue weighted by atomic mass is 15.2. The average molecular weight is 1380 g/mol. The Labute approximate surface area is 629 Å². The zero-order valence-corrected chi connectivity index (χ0v) is 65.3. The van der Waals surface area contributed by atoms with Crippen molar-refractivity contribution in [3.63, 3.8) is 0 Å². The highest BCUT2D eigenvalue weighted by Crippen LogP contribution is 2.54. The number of aromatic nitrogens is 1. The van der Waals surface area contributed by atoms with Crippen LogP contribution in [-0.2, 0) is 32.5 Å². The van der Waals surface area contributed by atoms with Crippen molar-refractivity contribution in [1.82, 2.24) is 4.40 Å². The Morgan fingerprint density at radius 2 is 0.604 bits per heavy atom. The molecule has 0 N–H and O–H groups in total. The topological polar surface area (TPSA) is 10.9 Å². The lowest BCUT2D eigenvalue weighted by Crippen LogP contribution is -2.61. The molecular formula is C102H98BN3. The number of fused-ring (bicyclic) bond motifs is 10. The first-order valence-electron chi connectivity index (χ1n) is 38.4. The van der Waals surface area contributed by atoms with E-state index in [2.05, 4.69) is 406 Å². The molecule has 0 saturated heterocycles. The van der Waals surface area contributed by atoms with E-state index < -0.39 is 0 Å². The fourth-order valence-electron chi connectivity index (χ4n) is 16.9. The van der Waals surface area contributed by atoms with Crippen molar-refractivity contribution in [2.75, 3.05) is 9.80 Å². The van der Waals surface area contributed by atoms with Crippen LogP contribution < -0.4 is 26.2 Å². The van der Waals surface area contributed by atoms with Crippen molar-refractivity contribution in [3.8, 4) is 66.8 Å². The Bertz CT molecular complexity index is 5860. The van der Waals surface area contributed by atoms with E-state index in [4.69, 9.17) is 0 Å². The highest BCUT2D eigenvalue weighted by Gasteiger charge is 2.45. The third-order valence-corrected chi connectivity index (χ3v) is 23.2. The zero-order chi connectivity index (χ0) is 74.1. The Morgan fingerprint density at radius 1 is 0.236 bits per heavy atom. The Kier molecular flexibility index (Phi) is 15.8. The fraction of sp³-hybridized carbons (Fsp3) is 0.235. The molecule has 3 nitrogen and oxygen atoms in total. The van der Waals surface area contributed by atoms with Gasteiger partial charge in [0.25, 0.3) is 6.71 Å². The standard InChI is InChI=1S/C102H98BN3/c1-97(2,3)73-43-36-63(37-44-73)72-57-92-94-93(58-72)106(96-83(65-28-21-19-22-29-65)61-78(102(16,17)18)62-84(96)66-30-23-20-24-31-66)91-55-68(67-42-49-89-85(54-67)82-34-27-33-81-80-32-25-26-35-88(80)105(89)95(81)82)40-47-87(91)103(94)86-48-41-69(71-52-76(100(10,11)12)60-77(53-71)101(13,14)15)56-90(86)104(92)79-45-38-64(39-46-79)70-50-74(98(4,5)6)59-75(51-70)99(7,8)9/h19-62H,1-18H3. The fourth-order valence-corrected chi connectivity index (χ4v) is 16.9.